The van der Waals surface area contributed by atoms with Crippen LogP contribution in [0.15, 0.2) is 29.2 Å². The van der Waals surface area contributed by atoms with Gasteiger partial charge in [0.2, 0.25) is 10.0 Å². The molecule has 0 fully saturated rings. The van der Waals surface area contributed by atoms with Crippen molar-refractivity contribution in [3.63, 3.8) is 0 Å². The van der Waals surface area contributed by atoms with E-state index in [0.717, 1.165) is 0 Å². The molecule has 0 bridgehead atoms. The molecular formula is C12H15Cl3N2O3S. The number of halogens is 3. The highest BCUT2D eigenvalue weighted by Gasteiger charge is 2.30. The van der Waals surface area contributed by atoms with Crippen LogP contribution in [0.25, 0.3) is 0 Å². The molecule has 0 aliphatic rings. The summed E-state index contributed by atoms with van der Waals surface area (Å²) in [7, 11) is -3.59. The van der Waals surface area contributed by atoms with Gasteiger partial charge in [-0.3, -0.25) is 4.79 Å². The second-order valence-corrected chi connectivity index (χ2v) is 8.40. The summed E-state index contributed by atoms with van der Waals surface area (Å²) < 4.78 is 24.5. The molecule has 5 nitrogen and oxygen atoms in total. The summed E-state index contributed by atoms with van der Waals surface area (Å²) in [6, 6.07) is 5.38. The molecule has 0 aliphatic heterocycles. The molecule has 0 aliphatic carbocycles. The summed E-state index contributed by atoms with van der Waals surface area (Å²) in [6.07, 6.45) is 0.677. The number of rotatable bonds is 5. The number of amides is 1. The second-order valence-electron chi connectivity index (χ2n) is 4.41. The van der Waals surface area contributed by atoms with Crippen LogP contribution in [0.2, 0.25) is 0 Å². The third kappa shape index (κ3) is 5.64. The summed E-state index contributed by atoms with van der Waals surface area (Å²) in [5.41, 5.74) is 0.328. The number of hydrogen-bond acceptors (Lipinski definition) is 3. The Hall–Kier alpha value is -0.530. The maximum atomic E-state index is 12.0. The SMILES string of the molecule is CCC(C)NS(=O)(=O)c1ccc(NC(=O)C(Cl)(Cl)Cl)cc1. The van der Waals surface area contributed by atoms with Gasteiger partial charge in [0, 0.05) is 11.7 Å². The third-order valence-electron chi connectivity index (χ3n) is 2.65. The number of sulfonamides is 1. The van der Waals surface area contributed by atoms with Crippen LogP contribution in [0.5, 0.6) is 0 Å². The fraction of sp³-hybridized carbons (Fsp3) is 0.417. The third-order valence-corrected chi connectivity index (χ3v) is 4.77. The van der Waals surface area contributed by atoms with Crippen LogP contribution in [0, 0.1) is 0 Å². The summed E-state index contributed by atoms with van der Waals surface area (Å²) in [6.45, 7) is 3.65. The van der Waals surface area contributed by atoms with Gasteiger partial charge in [0.15, 0.2) is 0 Å². The van der Waals surface area contributed by atoms with Crippen LogP contribution < -0.4 is 10.0 Å². The van der Waals surface area contributed by atoms with Gasteiger partial charge < -0.3 is 5.32 Å². The van der Waals surface area contributed by atoms with Crippen LogP contribution in [0.3, 0.4) is 0 Å². The number of carbonyl (C=O) groups excluding carboxylic acids is 1. The Kier molecular flexibility index (Phi) is 6.31. The van der Waals surface area contributed by atoms with Crippen LogP contribution in [-0.4, -0.2) is 24.2 Å². The molecule has 9 heteroatoms. The lowest BCUT2D eigenvalue weighted by Crippen LogP contribution is -2.32. The average molecular weight is 374 g/mol. The van der Waals surface area contributed by atoms with Crippen LogP contribution in [-0.2, 0) is 14.8 Å². The molecule has 0 spiro atoms. The normalized spacial score (nSPS) is 13.8. The molecule has 21 heavy (non-hydrogen) atoms. The molecule has 1 rings (SSSR count). The van der Waals surface area contributed by atoms with Gasteiger partial charge in [-0.2, -0.15) is 0 Å². The van der Waals surface area contributed by atoms with Gasteiger partial charge in [-0.25, -0.2) is 13.1 Å². The van der Waals surface area contributed by atoms with Gasteiger partial charge in [-0.1, -0.05) is 41.7 Å². The van der Waals surface area contributed by atoms with E-state index in [1.807, 2.05) is 6.92 Å². The highest BCUT2D eigenvalue weighted by molar-refractivity contribution is 7.89. The first-order valence-corrected chi connectivity index (χ1v) is 8.68. The summed E-state index contributed by atoms with van der Waals surface area (Å²) in [5, 5.41) is 2.36. The van der Waals surface area contributed by atoms with Crippen LogP contribution in [0.1, 0.15) is 20.3 Å². The number of alkyl halides is 3. The number of carbonyl (C=O) groups is 1. The summed E-state index contributed by atoms with van der Waals surface area (Å²) >= 11 is 16.3. The minimum Gasteiger partial charge on any atom is -0.322 e. The lowest BCUT2D eigenvalue weighted by atomic mass is 10.3. The number of benzene rings is 1. The predicted octanol–water partition coefficient (Wildman–Crippen LogP) is 3.07. The van der Waals surface area contributed by atoms with E-state index in [9.17, 15) is 13.2 Å². The van der Waals surface area contributed by atoms with E-state index in [1.165, 1.54) is 24.3 Å². The molecule has 0 saturated heterocycles. The lowest BCUT2D eigenvalue weighted by Gasteiger charge is -2.13. The zero-order valence-corrected chi connectivity index (χ0v) is 14.4. The first-order valence-electron chi connectivity index (χ1n) is 6.07. The van der Waals surface area contributed by atoms with E-state index >= 15 is 0 Å². The Morgan fingerprint density at radius 3 is 2.19 bits per heavy atom. The minimum atomic E-state index is -3.59. The van der Waals surface area contributed by atoms with E-state index in [-0.39, 0.29) is 10.9 Å². The van der Waals surface area contributed by atoms with E-state index in [4.69, 9.17) is 34.8 Å². The first kappa shape index (κ1) is 18.5. The smallest absolute Gasteiger partial charge is 0.276 e. The maximum Gasteiger partial charge on any atom is 0.276 e. The monoisotopic (exact) mass is 372 g/mol. The molecule has 1 amide bonds. The topological polar surface area (TPSA) is 75.3 Å². The van der Waals surface area contributed by atoms with Gasteiger partial charge in [-0.15, -0.1) is 0 Å². The van der Waals surface area contributed by atoms with E-state index in [0.29, 0.717) is 12.1 Å². The molecule has 1 unspecified atom stereocenters. The number of anilines is 1. The fourth-order valence-corrected chi connectivity index (χ4v) is 2.80. The molecule has 1 aromatic carbocycles. The van der Waals surface area contributed by atoms with Crippen molar-refractivity contribution in [2.45, 2.75) is 35.0 Å². The molecule has 2 N–H and O–H groups in total. The van der Waals surface area contributed by atoms with Crippen molar-refractivity contribution in [3.05, 3.63) is 24.3 Å². The van der Waals surface area contributed by atoms with Gasteiger partial charge in [0.1, 0.15) is 0 Å². The minimum absolute atomic E-state index is 0.0923. The van der Waals surface area contributed by atoms with Gasteiger partial charge in [0.05, 0.1) is 4.90 Å². The van der Waals surface area contributed by atoms with Crippen LogP contribution in [0.4, 0.5) is 5.69 Å². The Labute approximate surface area is 139 Å². The molecule has 0 radical (unpaired) electrons. The van der Waals surface area contributed by atoms with Gasteiger partial charge in [-0.05, 0) is 37.6 Å². The Bertz CT molecular complexity index is 597. The Balaban J connectivity index is 2.86. The van der Waals surface area contributed by atoms with E-state index in [1.54, 1.807) is 6.92 Å². The van der Waals surface area contributed by atoms with Gasteiger partial charge >= 0.3 is 0 Å². The predicted molar refractivity (Wildman–Crippen MR) is 85.4 cm³/mol. The standard InChI is InChI=1S/C12H15Cl3N2O3S/c1-3-8(2)17-21(19,20)10-6-4-9(5-7-10)16-11(18)12(13,14)15/h4-8,17H,3H2,1-2H3,(H,16,18). The van der Waals surface area contributed by atoms with Crippen molar-refractivity contribution in [3.8, 4) is 0 Å². The summed E-state index contributed by atoms with van der Waals surface area (Å²) in [5.74, 6) is -0.819. The molecule has 0 saturated carbocycles. The molecule has 1 aromatic rings. The van der Waals surface area contributed by atoms with Crippen molar-refractivity contribution in [1.82, 2.24) is 4.72 Å². The number of hydrogen-bond donors (Lipinski definition) is 2. The van der Waals surface area contributed by atoms with Crippen molar-refractivity contribution in [2.75, 3.05) is 5.32 Å². The first-order chi connectivity index (χ1) is 9.56. The maximum absolute atomic E-state index is 12.0. The fourth-order valence-electron chi connectivity index (χ4n) is 1.34. The molecule has 0 heterocycles. The summed E-state index contributed by atoms with van der Waals surface area (Å²) in [4.78, 5) is 11.6. The lowest BCUT2D eigenvalue weighted by molar-refractivity contribution is -0.115. The zero-order valence-electron chi connectivity index (χ0n) is 11.4. The molecule has 0 aromatic heterocycles. The van der Waals surface area contributed by atoms with Crippen molar-refractivity contribution in [2.24, 2.45) is 0 Å². The number of nitrogens with one attached hydrogen (secondary N) is 2. The van der Waals surface area contributed by atoms with Gasteiger partial charge in [0.25, 0.3) is 9.70 Å². The van der Waals surface area contributed by atoms with Crippen molar-refractivity contribution < 1.29 is 13.2 Å². The Morgan fingerprint density at radius 1 is 1.24 bits per heavy atom. The molecule has 118 valence electrons. The molecular weight excluding hydrogens is 359 g/mol. The van der Waals surface area contributed by atoms with E-state index < -0.39 is 19.7 Å². The van der Waals surface area contributed by atoms with Crippen molar-refractivity contribution >= 4 is 56.4 Å². The van der Waals surface area contributed by atoms with Crippen molar-refractivity contribution in [1.29, 1.82) is 0 Å². The largest absolute Gasteiger partial charge is 0.322 e. The highest BCUT2D eigenvalue weighted by atomic mass is 35.6. The average Bonchev–Trinajstić information content (AvgIpc) is 2.37. The van der Waals surface area contributed by atoms with Crippen LogP contribution >= 0.6 is 34.8 Å². The quantitative estimate of drug-likeness (QED) is 0.779. The Morgan fingerprint density at radius 2 is 1.76 bits per heavy atom. The van der Waals surface area contributed by atoms with E-state index in [2.05, 4.69) is 10.0 Å². The second kappa shape index (κ2) is 7.15. The zero-order chi connectivity index (χ0) is 16.3. The molecule has 1 atom stereocenters. The highest BCUT2D eigenvalue weighted by Crippen LogP contribution is 2.27.